The summed E-state index contributed by atoms with van der Waals surface area (Å²) in [5.41, 5.74) is 3.43. The van der Waals surface area contributed by atoms with Gasteiger partial charge in [0.1, 0.15) is 5.60 Å². The predicted octanol–water partition coefficient (Wildman–Crippen LogP) is 1.97. The van der Waals surface area contributed by atoms with Crippen molar-refractivity contribution in [2.45, 2.75) is 50.9 Å². The van der Waals surface area contributed by atoms with Crippen molar-refractivity contribution in [2.24, 2.45) is 0 Å². The van der Waals surface area contributed by atoms with Crippen LogP contribution in [0.15, 0.2) is 6.07 Å². The van der Waals surface area contributed by atoms with Gasteiger partial charge in [0.15, 0.2) is 0 Å². The zero-order chi connectivity index (χ0) is 13.5. The van der Waals surface area contributed by atoms with E-state index in [1.807, 2.05) is 0 Å². The van der Waals surface area contributed by atoms with Gasteiger partial charge >= 0.3 is 0 Å². The number of ether oxygens (including phenoxy) is 2. The number of nitrogens with zero attached hydrogens (tertiary/aromatic N) is 1. The molecule has 1 fully saturated rings. The SMILES string of the molecule is COC1(Cn2c(C)cc3c2CCCC3O)CCOC1. The standard InChI is InChI=1S/C15H23NO3/c1-11-8-12-13(4-3-5-14(12)17)16(11)9-15(18-2)6-7-19-10-15/h8,14,17H,3-7,9-10H2,1-2H3. The summed E-state index contributed by atoms with van der Waals surface area (Å²) < 4.78 is 13.6. The van der Waals surface area contributed by atoms with Gasteiger partial charge in [0.2, 0.25) is 0 Å². The Morgan fingerprint density at radius 1 is 1.58 bits per heavy atom. The Labute approximate surface area is 114 Å². The van der Waals surface area contributed by atoms with Crippen LogP contribution in [0.5, 0.6) is 0 Å². The Bertz CT molecular complexity index is 460. The van der Waals surface area contributed by atoms with Gasteiger partial charge in [-0.25, -0.2) is 0 Å². The van der Waals surface area contributed by atoms with E-state index in [-0.39, 0.29) is 11.7 Å². The van der Waals surface area contributed by atoms with Gasteiger partial charge in [-0.05, 0) is 32.3 Å². The molecule has 1 aromatic rings. The maximum atomic E-state index is 10.1. The molecule has 2 atom stereocenters. The minimum atomic E-state index is -0.290. The van der Waals surface area contributed by atoms with Gasteiger partial charge in [-0.1, -0.05) is 0 Å². The molecule has 4 nitrogen and oxygen atoms in total. The monoisotopic (exact) mass is 265 g/mol. The molecule has 1 aliphatic heterocycles. The van der Waals surface area contributed by atoms with Crippen LogP contribution in [0, 0.1) is 6.92 Å². The Morgan fingerprint density at radius 3 is 3.11 bits per heavy atom. The van der Waals surface area contributed by atoms with Crippen LogP contribution in [0.25, 0.3) is 0 Å². The highest BCUT2D eigenvalue weighted by molar-refractivity contribution is 5.32. The van der Waals surface area contributed by atoms with Crippen molar-refractivity contribution in [1.29, 1.82) is 0 Å². The Hall–Kier alpha value is -0.840. The summed E-state index contributed by atoms with van der Waals surface area (Å²) in [5.74, 6) is 0. The molecule has 2 aliphatic rings. The molecule has 2 heterocycles. The lowest BCUT2D eigenvalue weighted by molar-refractivity contribution is -0.0304. The van der Waals surface area contributed by atoms with E-state index >= 15 is 0 Å². The topological polar surface area (TPSA) is 43.6 Å². The second-order valence-electron chi connectivity index (χ2n) is 5.87. The fraction of sp³-hybridized carbons (Fsp3) is 0.733. The van der Waals surface area contributed by atoms with Crippen molar-refractivity contribution in [3.05, 3.63) is 23.0 Å². The number of methoxy groups -OCH3 is 1. The number of aliphatic hydroxyl groups is 1. The van der Waals surface area contributed by atoms with Gasteiger partial charge in [0.25, 0.3) is 0 Å². The minimum Gasteiger partial charge on any atom is -0.388 e. The number of rotatable bonds is 3. The van der Waals surface area contributed by atoms with Gasteiger partial charge in [0, 0.05) is 37.1 Å². The fourth-order valence-corrected chi connectivity index (χ4v) is 3.39. The summed E-state index contributed by atoms with van der Waals surface area (Å²) in [6, 6.07) is 2.14. The average Bonchev–Trinajstić information content (AvgIpc) is 2.99. The van der Waals surface area contributed by atoms with Crippen LogP contribution in [-0.4, -0.2) is 35.6 Å². The van der Waals surface area contributed by atoms with Gasteiger partial charge < -0.3 is 19.1 Å². The summed E-state index contributed by atoms with van der Waals surface area (Å²) >= 11 is 0. The van der Waals surface area contributed by atoms with Crippen molar-refractivity contribution in [3.8, 4) is 0 Å². The number of hydrogen-bond donors (Lipinski definition) is 1. The highest BCUT2D eigenvalue weighted by Gasteiger charge is 2.37. The summed E-state index contributed by atoms with van der Waals surface area (Å²) in [5, 5.41) is 10.1. The number of hydrogen-bond acceptors (Lipinski definition) is 3. The molecule has 3 rings (SSSR count). The second kappa shape index (κ2) is 4.93. The number of fused-ring (bicyclic) bond motifs is 1. The summed E-state index contributed by atoms with van der Waals surface area (Å²) in [4.78, 5) is 0. The molecule has 0 spiro atoms. The van der Waals surface area contributed by atoms with E-state index in [0.717, 1.165) is 44.4 Å². The smallest absolute Gasteiger partial charge is 0.111 e. The fourth-order valence-electron chi connectivity index (χ4n) is 3.39. The third kappa shape index (κ3) is 2.22. The molecule has 0 amide bonds. The molecule has 0 bridgehead atoms. The molecule has 19 heavy (non-hydrogen) atoms. The van der Waals surface area contributed by atoms with Gasteiger partial charge in [-0.15, -0.1) is 0 Å². The van der Waals surface area contributed by atoms with Gasteiger partial charge in [0.05, 0.1) is 19.3 Å². The molecule has 2 unspecified atom stereocenters. The van der Waals surface area contributed by atoms with Crippen molar-refractivity contribution < 1.29 is 14.6 Å². The van der Waals surface area contributed by atoms with Crippen LogP contribution < -0.4 is 0 Å². The quantitative estimate of drug-likeness (QED) is 0.908. The highest BCUT2D eigenvalue weighted by atomic mass is 16.5. The zero-order valence-corrected chi connectivity index (χ0v) is 11.8. The lowest BCUT2D eigenvalue weighted by atomic mass is 9.95. The van der Waals surface area contributed by atoms with Crippen molar-refractivity contribution >= 4 is 0 Å². The molecular formula is C15H23NO3. The maximum absolute atomic E-state index is 10.1. The van der Waals surface area contributed by atoms with E-state index in [1.165, 1.54) is 11.4 Å². The zero-order valence-electron chi connectivity index (χ0n) is 11.8. The van der Waals surface area contributed by atoms with Crippen molar-refractivity contribution in [3.63, 3.8) is 0 Å². The molecular weight excluding hydrogens is 242 g/mol. The molecule has 0 aromatic carbocycles. The molecule has 1 saturated heterocycles. The molecule has 106 valence electrons. The van der Waals surface area contributed by atoms with Crippen LogP contribution in [0.1, 0.15) is 42.3 Å². The van der Waals surface area contributed by atoms with E-state index in [2.05, 4.69) is 17.6 Å². The number of aliphatic hydroxyl groups excluding tert-OH is 1. The highest BCUT2D eigenvalue weighted by Crippen LogP contribution is 2.34. The Kier molecular flexibility index (Phi) is 3.41. The minimum absolute atomic E-state index is 0.194. The normalized spacial score (nSPS) is 30.6. The second-order valence-corrected chi connectivity index (χ2v) is 5.87. The lowest BCUT2D eigenvalue weighted by Gasteiger charge is -2.29. The van der Waals surface area contributed by atoms with Crippen LogP contribution >= 0.6 is 0 Å². The van der Waals surface area contributed by atoms with Crippen LogP contribution in [0.2, 0.25) is 0 Å². The Morgan fingerprint density at radius 2 is 2.42 bits per heavy atom. The summed E-state index contributed by atoms with van der Waals surface area (Å²) in [6.45, 7) is 4.39. The average molecular weight is 265 g/mol. The van der Waals surface area contributed by atoms with Crippen molar-refractivity contribution in [2.75, 3.05) is 20.3 Å². The molecule has 1 aliphatic carbocycles. The van der Waals surface area contributed by atoms with Gasteiger partial charge in [-0.2, -0.15) is 0 Å². The largest absolute Gasteiger partial charge is 0.388 e. The predicted molar refractivity (Wildman–Crippen MR) is 72.2 cm³/mol. The number of aryl methyl sites for hydroxylation is 1. The molecule has 1 aromatic heterocycles. The van der Waals surface area contributed by atoms with Crippen LogP contribution in [0.4, 0.5) is 0 Å². The van der Waals surface area contributed by atoms with E-state index in [9.17, 15) is 5.11 Å². The third-order valence-electron chi connectivity index (χ3n) is 4.65. The maximum Gasteiger partial charge on any atom is 0.111 e. The van der Waals surface area contributed by atoms with Gasteiger partial charge in [-0.3, -0.25) is 0 Å². The van der Waals surface area contributed by atoms with E-state index < -0.39 is 0 Å². The first kappa shape index (κ1) is 13.2. The van der Waals surface area contributed by atoms with E-state index in [1.54, 1.807) is 7.11 Å². The number of aromatic nitrogens is 1. The first-order valence-corrected chi connectivity index (χ1v) is 7.15. The third-order valence-corrected chi connectivity index (χ3v) is 4.65. The van der Waals surface area contributed by atoms with Crippen LogP contribution in [-0.2, 0) is 22.4 Å². The van der Waals surface area contributed by atoms with E-state index in [0.29, 0.717) is 6.61 Å². The summed E-state index contributed by atoms with van der Waals surface area (Å²) in [6.07, 6.45) is 3.66. The molecule has 0 saturated carbocycles. The molecule has 0 radical (unpaired) electrons. The Balaban J connectivity index is 1.92. The first-order valence-electron chi connectivity index (χ1n) is 7.15. The lowest BCUT2D eigenvalue weighted by Crippen LogP contribution is -2.38. The molecule has 4 heteroatoms. The summed E-state index contributed by atoms with van der Waals surface area (Å²) in [7, 11) is 1.77. The van der Waals surface area contributed by atoms with Crippen LogP contribution in [0.3, 0.4) is 0 Å². The first-order chi connectivity index (χ1) is 9.15. The van der Waals surface area contributed by atoms with Crippen molar-refractivity contribution in [1.82, 2.24) is 4.57 Å². The molecule has 1 N–H and O–H groups in total. The van der Waals surface area contributed by atoms with E-state index in [4.69, 9.17) is 9.47 Å².